The smallest absolute Gasteiger partial charge is 0.0961 e. The predicted molar refractivity (Wildman–Crippen MR) is 60.3 cm³/mol. The van der Waals surface area contributed by atoms with Crippen LogP contribution in [0.1, 0.15) is 31.3 Å². The van der Waals surface area contributed by atoms with Gasteiger partial charge in [0.05, 0.1) is 11.1 Å². The van der Waals surface area contributed by atoms with Crippen LogP contribution in [0.2, 0.25) is 0 Å². The Morgan fingerprint density at radius 3 is 3.14 bits per heavy atom. The number of nitrogens with zero attached hydrogens (tertiary/aromatic N) is 2. The molecule has 1 saturated heterocycles. The van der Waals surface area contributed by atoms with Crippen LogP contribution in [0.25, 0.3) is 0 Å². The molecule has 0 spiro atoms. The second-order valence-electron chi connectivity index (χ2n) is 3.56. The van der Waals surface area contributed by atoms with Crippen LogP contribution in [0.15, 0.2) is 12.3 Å². The van der Waals surface area contributed by atoms with E-state index in [1.54, 1.807) is 0 Å². The van der Waals surface area contributed by atoms with E-state index in [0.717, 1.165) is 6.54 Å². The van der Waals surface area contributed by atoms with Gasteiger partial charge in [0, 0.05) is 24.5 Å². The lowest BCUT2D eigenvalue weighted by atomic mass is 10.2. The molecule has 2 heterocycles. The Morgan fingerprint density at radius 2 is 2.50 bits per heavy atom. The summed E-state index contributed by atoms with van der Waals surface area (Å²) in [5, 5.41) is 8.36. The summed E-state index contributed by atoms with van der Waals surface area (Å²) in [6.45, 7) is 5.32. The largest absolute Gasteiger partial charge is 0.297 e. The van der Waals surface area contributed by atoms with Crippen LogP contribution in [0.3, 0.4) is 0 Å². The summed E-state index contributed by atoms with van der Waals surface area (Å²) < 4.78 is 2.07. The highest BCUT2D eigenvalue weighted by molar-refractivity contribution is 7.99. The number of aryl methyl sites for hydroxylation is 1. The zero-order chi connectivity index (χ0) is 9.97. The number of thioether (sulfide) groups is 1. The fraction of sp³-hybridized carbons (Fsp3) is 0.700. The maximum absolute atomic E-state index is 4.29. The lowest BCUT2D eigenvalue weighted by Crippen LogP contribution is -2.25. The molecular weight excluding hydrogens is 194 g/mol. The van der Waals surface area contributed by atoms with Crippen LogP contribution in [-0.4, -0.2) is 21.6 Å². The summed E-state index contributed by atoms with van der Waals surface area (Å²) in [6, 6.07) is 2.79. The summed E-state index contributed by atoms with van der Waals surface area (Å²) in [6.07, 6.45) is 3.10. The molecule has 2 atom stereocenters. The first-order valence-electron chi connectivity index (χ1n) is 5.24. The summed E-state index contributed by atoms with van der Waals surface area (Å²) >= 11 is 1.99. The van der Waals surface area contributed by atoms with E-state index in [9.17, 15) is 0 Å². The molecule has 1 aromatic rings. The zero-order valence-corrected chi connectivity index (χ0v) is 9.55. The van der Waals surface area contributed by atoms with Crippen LogP contribution >= 0.6 is 11.8 Å². The minimum atomic E-state index is 0.447. The fourth-order valence-corrected chi connectivity index (χ4v) is 3.18. The van der Waals surface area contributed by atoms with Crippen molar-refractivity contribution in [2.45, 2.75) is 38.2 Å². The first-order valence-corrected chi connectivity index (χ1v) is 6.29. The standard InChI is InChI=1S/C10H17N3S/c1-3-8-7-14-10(12-8)9-5-6-11-13(9)4-2/h5-6,8,10,12H,3-4,7H2,1-2H3. The summed E-state index contributed by atoms with van der Waals surface area (Å²) in [7, 11) is 0. The molecule has 3 nitrogen and oxygen atoms in total. The molecule has 0 amide bonds. The van der Waals surface area contributed by atoms with Crippen molar-refractivity contribution in [3.8, 4) is 0 Å². The van der Waals surface area contributed by atoms with Crippen molar-refractivity contribution >= 4 is 11.8 Å². The molecule has 1 fully saturated rings. The summed E-state index contributed by atoms with van der Waals surface area (Å²) in [5.41, 5.74) is 1.31. The lowest BCUT2D eigenvalue weighted by Gasteiger charge is -2.13. The molecule has 1 aliphatic heterocycles. The van der Waals surface area contributed by atoms with E-state index in [-0.39, 0.29) is 0 Å². The first kappa shape index (κ1) is 10.1. The molecule has 1 aliphatic rings. The minimum Gasteiger partial charge on any atom is -0.297 e. The average Bonchev–Trinajstić information content (AvgIpc) is 2.85. The van der Waals surface area contributed by atoms with Gasteiger partial charge in [0.2, 0.25) is 0 Å². The molecule has 0 radical (unpaired) electrons. The van der Waals surface area contributed by atoms with Crippen LogP contribution in [0.5, 0.6) is 0 Å². The fourth-order valence-electron chi connectivity index (χ4n) is 1.76. The van der Waals surface area contributed by atoms with Crippen LogP contribution in [-0.2, 0) is 6.54 Å². The lowest BCUT2D eigenvalue weighted by molar-refractivity contribution is 0.527. The molecular formula is C10H17N3S. The van der Waals surface area contributed by atoms with Gasteiger partial charge in [-0.1, -0.05) is 6.92 Å². The van der Waals surface area contributed by atoms with Crippen LogP contribution < -0.4 is 5.32 Å². The average molecular weight is 211 g/mol. The van der Waals surface area contributed by atoms with Crippen molar-refractivity contribution in [1.29, 1.82) is 0 Å². The van der Waals surface area contributed by atoms with E-state index < -0.39 is 0 Å². The zero-order valence-electron chi connectivity index (χ0n) is 8.73. The van der Waals surface area contributed by atoms with Gasteiger partial charge in [-0.25, -0.2) is 0 Å². The maximum Gasteiger partial charge on any atom is 0.0961 e. The Hall–Kier alpha value is -0.480. The van der Waals surface area contributed by atoms with Gasteiger partial charge >= 0.3 is 0 Å². The van der Waals surface area contributed by atoms with E-state index >= 15 is 0 Å². The quantitative estimate of drug-likeness (QED) is 0.829. The van der Waals surface area contributed by atoms with Gasteiger partial charge in [0.15, 0.2) is 0 Å². The molecule has 0 aromatic carbocycles. The van der Waals surface area contributed by atoms with Gasteiger partial charge in [-0.3, -0.25) is 10.00 Å². The summed E-state index contributed by atoms with van der Waals surface area (Å²) in [5.74, 6) is 1.22. The second kappa shape index (κ2) is 4.36. The Morgan fingerprint density at radius 1 is 1.64 bits per heavy atom. The van der Waals surface area contributed by atoms with Crippen molar-refractivity contribution in [2.24, 2.45) is 0 Å². The predicted octanol–water partition coefficient (Wildman–Crippen LogP) is 2.02. The first-order chi connectivity index (χ1) is 6.85. The Bertz CT molecular complexity index is 297. The van der Waals surface area contributed by atoms with Gasteiger partial charge in [-0.05, 0) is 19.4 Å². The third kappa shape index (κ3) is 1.81. The van der Waals surface area contributed by atoms with Gasteiger partial charge < -0.3 is 0 Å². The van der Waals surface area contributed by atoms with Gasteiger partial charge in [0.25, 0.3) is 0 Å². The molecule has 1 N–H and O–H groups in total. The molecule has 2 unspecified atom stereocenters. The van der Waals surface area contributed by atoms with Crippen LogP contribution in [0, 0.1) is 0 Å². The molecule has 1 aromatic heterocycles. The normalized spacial score (nSPS) is 27.0. The summed E-state index contributed by atoms with van der Waals surface area (Å²) in [4.78, 5) is 0. The third-order valence-electron chi connectivity index (χ3n) is 2.66. The molecule has 78 valence electrons. The third-order valence-corrected chi connectivity index (χ3v) is 3.97. The monoisotopic (exact) mass is 211 g/mol. The number of hydrogen-bond acceptors (Lipinski definition) is 3. The van der Waals surface area contributed by atoms with E-state index in [2.05, 4.69) is 35.0 Å². The topological polar surface area (TPSA) is 29.9 Å². The highest BCUT2D eigenvalue weighted by Crippen LogP contribution is 2.33. The SMILES string of the molecule is CCC1CSC(c2ccnn2CC)N1. The van der Waals surface area contributed by atoms with Gasteiger partial charge in [0.1, 0.15) is 0 Å². The Balaban J connectivity index is 2.09. The van der Waals surface area contributed by atoms with Crippen molar-refractivity contribution in [1.82, 2.24) is 15.1 Å². The minimum absolute atomic E-state index is 0.447. The molecule has 0 saturated carbocycles. The Kier molecular flexibility index (Phi) is 3.13. The molecule has 2 rings (SSSR count). The number of rotatable bonds is 3. The highest BCUT2D eigenvalue weighted by atomic mass is 32.2. The second-order valence-corrected chi connectivity index (χ2v) is 4.70. The van der Waals surface area contributed by atoms with Crippen molar-refractivity contribution in [3.63, 3.8) is 0 Å². The number of hydrogen-bond donors (Lipinski definition) is 1. The van der Waals surface area contributed by atoms with E-state index in [4.69, 9.17) is 0 Å². The van der Waals surface area contributed by atoms with E-state index in [1.165, 1.54) is 17.9 Å². The van der Waals surface area contributed by atoms with Crippen molar-refractivity contribution in [3.05, 3.63) is 18.0 Å². The van der Waals surface area contributed by atoms with Crippen molar-refractivity contribution in [2.75, 3.05) is 5.75 Å². The number of aromatic nitrogens is 2. The van der Waals surface area contributed by atoms with Crippen LogP contribution in [0.4, 0.5) is 0 Å². The van der Waals surface area contributed by atoms with Gasteiger partial charge in [-0.2, -0.15) is 5.10 Å². The molecule has 0 aliphatic carbocycles. The molecule has 14 heavy (non-hydrogen) atoms. The molecule has 0 bridgehead atoms. The van der Waals surface area contributed by atoms with Crippen molar-refractivity contribution < 1.29 is 0 Å². The van der Waals surface area contributed by atoms with E-state index in [0.29, 0.717) is 11.4 Å². The highest BCUT2D eigenvalue weighted by Gasteiger charge is 2.26. The Labute approximate surface area is 89.3 Å². The van der Waals surface area contributed by atoms with E-state index in [1.807, 2.05) is 18.0 Å². The van der Waals surface area contributed by atoms with Gasteiger partial charge in [-0.15, -0.1) is 11.8 Å². The molecule has 4 heteroatoms. The number of nitrogens with one attached hydrogen (secondary N) is 1. The maximum atomic E-state index is 4.29.